The Morgan fingerprint density at radius 3 is 1.94 bits per heavy atom. The molecule has 0 fully saturated rings. The summed E-state index contributed by atoms with van der Waals surface area (Å²) in [7, 11) is 0. The summed E-state index contributed by atoms with van der Waals surface area (Å²) >= 11 is 0. The van der Waals surface area contributed by atoms with Crippen LogP contribution in [0.3, 0.4) is 0 Å². The monoisotopic (exact) mass is 243 g/mol. The van der Waals surface area contributed by atoms with Gasteiger partial charge in [-0.15, -0.1) is 0 Å². The van der Waals surface area contributed by atoms with Gasteiger partial charge in [-0.3, -0.25) is 0 Å². The molecule has 0 aliphatic rings. The van der Waals surface area contributed by atoms with E-state index in [0.29, 0.717) is 0 Å². The highest BCUT2D eigenvalue weighted by Crippen LogP contribution is 2.17. The van der Waals surface area contributed by atoms with Gasteiger partial charge in [0.15, 0.2) is 0 Å². The second-order valence-corrected chi connectivity index (χ2v) is 5.68. The summed E-state index contributed by atoms with van der Waals surface area (Å²) in [5.74, 6) is 0.874. The van der Waals surface area contributed by atoms with E-state index in [4.69, 9.17) is 5.73 Å². The maximum atomic E-state index is 5.70. The average molecular weight is 243 g/mol. The standard InChI is InChI=1S/C15H35N2/c1-5-11-17(12-6-2,13-8-10-16)14-9-15(4)7-3/h15H,5-14,16H2,1-4H3/q+1. The predicted octanol–water partition coefficient (Wildman–Crippen LogP) is 3.41. The molecule has 0 saturated heterocycles. The summed E-state index contributed by atoms with van der Waals surface area (Å²) in [6.45, 7) is 15.5. The minimum Gasteiger partial charge on any atom is -0.330 e. The van der Waals surface area contributed by atoms with E-state index in [2.05, 4.69) is 27.7 Å². The Morgan fingerprint density at radius 1 is 0.941 bits per heavy atom. The van der Waals surface area contributed by atoms with Crippen molar-refractivity contribution in [3.8, 4) is 0 Å². The smallest absolute Gasteiger partial charge is 0.0798 e. The molecule has 1 unspecified atom stereocenters. The summed E-state index contributed by atoms with van der Waals surface area (Å²) in [4.78, 5) is 0. The van der Waals surface area contributed by atoms with E-state index < -0.39 is 0 Å². The highest BCUT2D eigenvalue weighted by molar-refractivity contribution is 4.53. The molecule has 0 spiro atoms. The Hall–Kier alpha value is -0.0800. The van der Waals surface area contributed by atoms with Crippen molar-refractivity contribution in [2.75, 3.05) is 32.7 Å². The van der Waals surface area contributed by atoms with E-state index in [1.54, 1.807) is 0 Å². The zero-order chi connectivity index (χ0) is 13.1. The van der Waals surface area contributed by atoms with E-state index in [0.717, 1.165) is 12.5 Å². The maximum Gasteiger partial charge on any atom is 0.0798 e. The van der Waals surface area contributed by atoms with Crippen LogP contribution in [0.2, 0.25) is 0 Å². The van der Waals surface area contributed by atoms with Gasteiger partial charge in [0, 0.05) is 6.42 Å². The van der Waals surface area contributed by atoms with E-state index in [9.17, 15) is 0 Å². The molecular formula is C15H35N2+. The number of quaternary nitrogens is 1. The van der Waals surface area contributed by atoms with Crippen LogP contribution in [-0.4, -0.2) is 37.2 Å². The molecule has 0 aromatic rings. The van der Waals surface area contributed by atoms with Crippen LogP contribution in [-0.2, 0) is 0 Å². The lowest BCUT2D eigenvalue weighted by Gasteiger charge is -2.39. The number of nitrogens with zero attached hydrogens (tertiary/aromatic N) is 1. The van der Waals surface area contributed by atoms with Gasteiger partial charge in [-0.05, 0) is 31.7 Å². The molecule has 2 N–H and O–H groups in total. The Kier molecular flexibility index (Phi) is 9.85. The fraction of sp³-hybridized carbons (Fsp3) is 1.00. The minimum absolute atomic E-state index is 0.844. The molecule has 0 aliphatic heterocycles. The number of hydrogen-bond donors (Lipinski definition) is 1. The molecule has 17 heavy (non-hydrogen) atoms. The molecule has 0 saturated carbocycles. The summed E-state index contributed by atoms with van der Waals surface area (Å²) in [5, 5.41) is 0. The van der Waals surface area contributed by atoms with Crippen molar-refractivity contribution in [1.82, 2.24) is 0 Å². The van der Waals surface area contributed by atoms with Crippen LogP contribution in [0, 0.1) is 5.92 Å². The van der Waals surface area contributed by atoms with Crippen LogP contribution in [0.25, 0.3) is 0 Å². The van der Waals surface area contributed by atoms with Crippen molar-refractivity contribution in [2.24, 2.45) is 11.7 Å². The van der Waals surface area contributed by atoms with Crippen molar-refractivity contribution in [2.45, 2.75) is 59.8 Å². The lowest BCUT2D eigenvalue weighted by atomic mass is 10.0. The molecule has 0 bridgehead atoms. The van der Waals surface area contributed by atoms with Crippen molar-refractivity contribution < 1.29 is 4.48 Å². The van der Waals surface area contributed by atoms with Gasteiger partial charge in [-0.1, -0.05) is 34.1 Å². The van der Waals surface area contributed by atoms with Gasteiger partial charge >= 0.3 is 0 Å². The van der Waals surface area contributed by atoms with Crippen LogP contribution in [0.4, 0.5) is 0 Å². The summed E-state index contributed by atoms with van der Waals surface area (Å²) in [5.41, 5.74) is 5.70. The quantitative estimate of drug-likeness (QED) is 0.553. The second kappa shape index (κ2) is 9.90. The zero-order valence-electron chi connectivity index (χ0n) is 12.7. The molecule has 0 amide bonds. The number of hydrogen-bond acceptors (Lipinski definition) is 1. The number of rotatable bonds is 11. The van der Waals surface area contributed by atoms with Gasteiger partial charge in [-0.25, -0.2) is 0 Å². The first-order chi connectivity index (χ1) is 8.14. The van der Waals surface area contributed by atoms with Gasteiger partial charge in [0.05, 0.1) is 26.2 Å². The maximum absolute atomic E-state index is 5.70. The summed E-state index contributed by atoms with van der Waals surface area (Å²) < 4.78 is 1.31. The lowest BCUT2D eigenvalue weighted by Crippen LogP contribution is -2.51. The third kappa shape index (κ3) is 7.05. The third-order valence-electron chi connectivity index (χ3n) is 4.03. The topological polar surface area (TPSA) is 26.0 Å². The van der Waals surface area contributed by atoms with E-state index in [1.807, 2.05) is 0 Å². The molecular weight excluding hydrogens is 208 g/mol. The zero-order valence-corrected chi connectivity index (χ0v) is 12.7. The first-order valence-corrected chi connectivity index (χ1v) is 7.69. The first kappa shape index (κ1) is 16.9. The second-order valence-electron chi connectivity index (χ2n) is 5.68. The van der Waals surface area contributed by atoms with Crippen molar-refractivity contribution in [3.63, 3.8) is 0 Å². The third-order valence-corrected chi connectivity index (χ3v) is 4.03. The van der Waals surface area contributed by atoms with Crippen LogP contribution in [0.15, 0.2) is 0 Å². The first-order valence-electron chi connectivity index (χ1n) is 7.69. The molecule has 0 rings (SSSR count). The summed E-state index contributed by atoms with van der Waals surface area (Å²) in [6.07, 6.45) is 6.47. The molecule has 0 radical (unpaired) electrons. The molecule has 0 aromatic heterocycles. The fourth-order valence-corrected chi connectivity index (χ4v) is 2.74. The average Bonchev–Trinajstić information content (AvgIpc) is 2.34. The Bertz CT molecular complexity index is 162. The van der Waals surface area contributed by atoms with Crippen molar-refractivity contribution in [3.05, 3.63) is 0 Å². The van der Waals surface area contributed by atoms with E-state index in [1.165, 1.54) is 62.8 Å². The Labute approximate surface area is 109 Å². The SMILES string of the molecule is CCC[N+](CCC)(CCCN)CCC(C)CC. The highest BCUT2D eigenvalue weighted by atomic mass is 15.3. The van der Waals surface area contributed by atoms with Gasteiger partial charge < -0.3 is 10.2 Å². The highest BCUT2D eigenvalue weighted by Gasteiger charge is 2.25. The molecule has 2 nitrogen and oxygen atoms in total. The lowest BCUT2D eigenvalue weighted by molar-refractivity contribution is -0.928. The van der Waals surface area contributed by atoms with Crippen molar-refractivity contribution >= 4 is 0 Å². The largest absolute Gasteiger partial charge is 0.330 e. The molecule has 0 heterocycles. The fourth-order valence-electron chi connectivity index (χ4n) is 2.74. The van der Waals surface area contributed by atoms with Crippen LogP contribution >= 0.6 is 0 Å². The van der Waals surface area contributed by atoms with Gasteiger partial charge in [0.1, 0.15) is 0 Å². The Morgan fingerprint density at radius 2 is 1.53 bits per heavy atom. The molecule has 104 valence electrons. The van der Waals surface area contributed by atoms with E-state index in [-0.39, 0.29) is 0 Å². The predicted molar refractivity (Wildman–Crippen MR) is 78.1 cm³/mol. The minimum atomic E-state index is 0.844. The molecule has 0 aromatic carbocycles. The molecule has 0 aliphatic carbocycles. The van der Waals surface area contributed by atoms with Crippen LogP contribution in [0.5, 0.6) is 0 Å². The molecule has 2 heteroatoms. The van der Waals surface area contributed by atoms with Crippen molar-refractivity contribution in [1.29, 1.82) is 0 Å². The van der Waals surface area contributed by atoms with Gasteiger partial charge in [0.25, 0.3) is 0 Å². The Balaban J connectivity index is 4.40. The summed E-state index contributed by atoms with van der Waals surface area (Å²) in [6, 6.07) is 0. The van der Waals surface area contributed by atoms with E-state index >= 15 is 0 Å². The molecule has 1 atom stereocenters. The van der Waals surface area contributed by atoms with Gasteiger partial charge in [-0.2, -0.15) is 0 Å². The normalized spacial score (nSPS) is 13.9. The van der Waals surface area contributed by atoms with Gasteiger partial charge in [0.2, 0.25) is 0 Å². The number of nitrogens with two attached hydrogens (primary N) is 1. The van der Waals surface area contributed by atoms with Crippen LogP contribution in [0.1, 0.15) is 59.8 Å². The van der Waals surface area contributed by atoms with Crippen LogP contribution < -0.4 is 5.73 Å².